The SMILES string of the molecule is CCNC(=NCCC(=O)OC)NC1CCCC1. The van der Waals surface area contributed by atoms with Crippen molar-refractivity contribution in [3.05, 3.63) is 0 Å². The van der Waals surface area contributed by atoms with Crippen molar-refractivity contribution in [2.45, 2.75) is 45.1 Å². The first-order chi connectivity index (χ1) is 8.26. The Labute approximate surface area is 103 Å². The van der Waals surface area contributed by atoms with Crippen LogP contribution in [0.4, 0.5) is 0 Å². The van der Waals surface area contributed by atoms with Crippen LogP contribution in [0.5, 0.6) is 0 Å². The highest BCUT2D eigenvalue weighted by molar-refractivity contribution is 5.80. The molecule has 98 valence electrons. The second kappa shape index (κ2) is 7.92. The van der Waals surface area contributed by atoms with Gasteiger partial charge in [-0.15, -0.1) is 0 Å². The lowest BCUT2D eigenvalue weighted by atomic mass is 10.2. The van der Waals surface area contributed by atoms with Crippen molar-refractivity contribution < 1.29 is 9.53 Å². The molecule has 0 aromatic heterocycles. The molecular formula is C12H23N3O2. The smallest absolute Gasteiger partial charge is 0.307 e. The fourth-order valence-electron chi connectivity index (χ4n) is 1.94. The van der Waals surface area contributed by atoms with Gasteiger partial charge in [0.15, 0.2) is 5.96 Å². The summed E-state index contributed by atoms with van der Waals surface area (Å²) in [5.41, 5.74) is 0. The van der Waals surface area contributed by atoms with E-state index in [2.05, 4.69) is 20.4 Å². The lowest BCUT2D eigenvalue weighted by Gasteiger charge is -2.16. The van der Waals surface area contributed by atoms with Gasteiger partial charge in [-0.2, -0.15) is 0 Å². The highest BCUT2D eigenvalue weighted by Crippen LogP contribution is 2.17. The average Bonchev–Trinajstić information content (AvgIpc) is 2.81. The molecule has 0 heterocycles. The molecular weight excluding hydrogens is 218 g/mol. The second-order valence-electron chi connectivity index (χ2n) is 4.21. The van der Waals surface area contributed by atoms with Crippen molar-refractivity contribution >= 4 is 11.9 Å². The number of nitrogens with one attached hydrogen (secondary N) is 2. The van der Waals surface area contributed by atoms with E-state index in [1.807, 2.05) is 6.92 Å². The monoisotopic (exact) mass is 241 g/mol. The molecule has 17 heavy (non-hydrogen) atoms. The Morgan fingerprint density at radius 1 is 1.41 bits per heavy atom. The van der Waals surface area contributed by atoms with Crippen LogP contribution in [0.1, 0.15) is 39.0 Å². The van der Waals surface area contributed by atoms with Gasteiger partial charge >= 0.3 is 5.97 Å². The predicted octanol–water partition coefficient (Wildman–Crippen LogP) is 1.05. The first-order valence-corrected chi connectivity index (χ1v) is 6.38. The molecule has 0 unspecified atom stereocenters. The number of nitrogens with zero attached hydrogens (tertiary/aromatic N) is 1. The first kappa shape index (κ1) is 13.8. The summed E-state index contributed by atoms with van der Waals surface area (Å²) in [6.45, 7) is 3.33. The zero-order valence-electron chi connectivity index (χ0n) is 10.8. The Kier molecular flexibility index (Phi) is 6.43. The normalized spacial score (nSPS) is 16.9. The summed E-state index contributed by atoms with van der Waals surface area (Å²) < 4.78 is 4.58. The van der Waals surface area contributed by atoms with Gasteiger partial charge in [0.05, 0.1) is 20.1 Å². The molecule has 1 rings (SSSR count). The molecule has 0 amide bonds. The molecule has 1 aliphatic carbocycles. The Bertz CT molecular complexity index is 260. The third-order valence-corrected chi connectivity index (χ3v) is 2.85. The van der Waals surface area contributed by atoms with Gasteiger partial charge in [-0.25, -0.2) is 0 Å². The topological polar surface area (TPSA) is 62.7 Å². The van der Waals surface area contributed by atoms with Crippen LogP contribution in [-0.4, -0.2) is 38.2 Å². The van der Waals surface area contributed by atoms with Crippen LogP contribution in [0.2, 0.25) is 0 Å². The van der Waals surface area contributed by atoms with Crippen LogP contribution in [0, 0.1) is 0 Å². The Balaban J connectivity index is 2.34. The minimum absolute atomic E-state index is 0.217. The van der Waals surface area contributed by atoms with Crippen LogP contribution < -0.4 is 10.6 Å². The average molecular weight is 241 g/mol. The maximum atomic E-state index is 11.0. The van der Waals surface area contributed by atoms with Crippen LogP contribution in [0.3, 0.4) is 0 Å². The van der Waals surface area contributed by atoms with E-state index >= 15 is 0 Å². The van der Waals surface area contributed by atoms with Gasteiger partial charge in [-0.1, -0.05) is 12.8 Å². The lowest BCUT2D eigenvalue weighted by molar-refractivity contribution is -0.140. The summed E-state index contributed by atoms with van der Waals surface area (Å²) in [6.07, 6.45) is 5.33. The maximum absolute atomic E-state index is 11.0. The number of ether oxygens (including phenoxy) is 1. The van der Waals surface area contributed by atoms with Crippen LogP contribution in [-0.2, 0) is 9.53 Å². The standard InChI is InChI=1S/C12H23N3O2/c1-3-13-12(14-9-8-11(16)17-2)15-10-6-4-5-7-10/h10H,3-9H2,1-2H3,(H2,13,14,15). The molecule has 1 saturated carbocycles. The number of hydrogen-bond acceptors (Lipinski definition) is 3. The zero-order chi connectivity index (χ0) is 12.5. The molecule has 0 aliphatic heterocycles. The van der Waals surface area contributed by atoms with Crippen LogP contribution in [0.15, 0.2) is 4.99 Å². The third-order valence-electron chi connectivity index (χ3n) is 2.85. The number of carbonyl (C=O) groups excluding carboxylic acids is 1. The minimum Gasteiger partial charge on any atom is -0.469 e. The van der Waals surface area contributed by atoms with Gasteiger partial charge in [0, 0.05) is 12.6 Å². The summed E-state index contributed by atoms with van der Waals surface area (Å²) in [5, 5.41) is 6.58. The Hall–Kier alpha value is -1.26. The van der Waals surface area contributed by atoms with E-state index in [9.17, 15) is 4.79 Å². The summed E-state index contributed by atoms with van der Waals surface area (Å²) >= 11 is 0. The van der Waals surface area contributed by atoms with E-state index in [1.165, 1.54) is 32.8 Å². The number of esters is 1. The number of hydrogen-bond donors (Lipinski definition) is 2. The van der Waals surface area contributed by atoms with Gasteiger partial charge in [-0.3, -0.25) is 9.79 Å². The summed E-state index contributed by atoms with van der Waals surface area (Å²) in [4.78, 5) is 15.3. The fraction of sp³-hybridized carbons (Fsp3) is 0.833. The molecule has 0 bridgehead atoms. The Morgan fingerprint density at radius 2 is 2.12 bits per heavy atom. The minimum atomic E-state index is -0.217. The van der Waals surface area contributed by atoms with Crippen molar-refractivity contribution in [3.8, 4) is 0 Å². The second-order valence-corrected chi connectivity index (χ2v) is 4.21. The highest BCUT2D eigenvalue weighted by Gasteiger charge is 2.15. The zero-order valence-corrected chi connectivity index (χ0v) is 10.8. The van der Waals surface area contributed by atoms with Crippen molar-refractivity contribution in [2.75, 3.05) is 20.2 Å². The number of methoxy groups -OCH3 is 1. The molecule has 5 heteroatoms. The van der Waals surface area contributed by atoms with E-state index in [4.69, 9.17) is 0 Å². The number of rotatable bonds is 5. The van der Waals surface area contributed by atoms with Crippen LogP contribution in [0.25, 0.3) is 0 Å². The van der Waals surface area contributed by atoms with Gasteiger partial charge in [-0.05, 0) is 19.8 Å². The summed E-state index contributed by atoms with van der Waals surface area (Å²) in [7, 11) is 1.40. The molecule has 0 radical (unpaired) electrons. The van der Waals surface area contributed by atoms with Gasteiger partial charge in [0.2, 0.25) is 0 Å². The molecule has 0 saturated heterocycles. The molecule has 1 aliphatic rings. The van der Waals surface area contributed by atoms with Crippen molar-refractivity contribution in [2.24, 2.45) is 4.99 Å². The quantitative estimate of drug-likeness (QED) is 0.429. The molecule has 0 aromatic carbocycles. The van der Waals surface area contributed by atoms with Gasteiger partial charge < -0.3 is 15.4 Å². The number of carbonyl (C=O) groups is 1. The molecule has 0 spiro atoms. The van der Waals surface area contributed by atoms with E-state index < -0.39 is 0 Å². The van der Waals surface area contributed by atoms with Crippen molar-refractivity contribution in [1.82, 2.24) is 10.6 Å². The molecule has 0 aromatic rings. The number of aliphatic imine (C=N–C) groups is 1. The van der Waals surface area contributed by atoms with Gasteiger partial charge in [0.25, 0.3) is 0 Å². The first-order valence-electron chi connectivity index (χ1n) is 6.38. The largest absolute Gasteiger partial charge is 0.469 e. The van der Waals surface area contributed by atoms with Crippen LogP contribution >= 0.6 is 0 Å². The molecule has 1 fully saturated rings. The van der Waals surface area contributed by atoms with Crippen molar-refractivity contribution in [1.29, 1.82) is 0 Å². The predicted molar refractivity (Wildman–Crippen MR) is 68.0 cm³/mol. The maximum Gasteiger partial charge on any atom is 0.307 e. The third kappa shape index (κ3) is 5.56. The van der Waals surface area contributed by atoms with E-state index in [0.29, 0.717) is 19.0 Å². The number of guanidine groups is 1. The molecule has 0 atom stereocenters. The van der Waals surface area contributed by atoms with E-state index in [-0.39, 0.29) is 5.97 Å². The highest BCUT2D eigenvalue weighted by atomic mass is 16.5. The Morgan fingerprint density at radius 3 is 2.71 bits per heavy atom. The van der Waals surface area contributed by atoms with E-state index in [1.54, 1.807) is 0 Å². The molecule has 5 nitrogen and oxygen atoms in total. The molecule has 2 N–H and O–H groups in total. The van der Waals surface area contributed by atoms with E-state index in [0.717, 1.165) is 12.5 Å². The fourth-order valence-corrected chi connectivity index (χ4v) is 1.94. The summed E-state index contributed by atoms with van der Waals surface area (Å²) in [5.74, 6) is 0.591. The summed E-state index contributed by atoms with van der Waals surface area (Å²) in [6, 6.07) is 0.533. The lowest BCUT2D eigenvalue weighted by Crippen LogP contribution is -2.42. The van der Waals surface area contributed by atoms with Gasteiger partial charge in [0.1, 0.15) is 0 Å². The van der Waals surface area contributed by atoms with Crippen molar-refractivity contribution in [3.63, 3.8) is 0 Å².